The smallest absolute Gasteiger partial charge is 0.277 e. The summed E-state index contributed by atoms with van der Waals surface area (Å²) < 4.78 is 11.1. The fourth-order valence-corrected chi connectivity index (χ4v) is 2.53. The molecule has 2 aromatic carbocycles. The summed E-state index contributed by atoms with van der Waals surface area (Å²) in [5, 5.41) is 12.2. The lowest BCUT2D eigenvalue weighted by molar-refractivity contribution is -0.383. The molecule has 0 bridgehead atoms. The van der Waals surface area contributed by atoms with E-state index in [2.05, 4.69) is 15.9 Å². The summed E-state index contributed by atoms with van der Waals surface area (Å²) in [7, 11) is 3.01. The molecule has 18 heavy (non-hydrogen) atoms. The van der Waals surface area contributed by atoms with Crippen molar-refractivity contribution in [2.75, 3.05) is 14.2 Å². The van der Waals surface area contributed by atoms with Crippen molar-refractivity contribution in [2.24, 2.45) is 0 Å². The average Bonchev–Trinajstić information content (AvgIpc) is 2.37. The van der Waals surface area contributed by atoms with Crippen molar-refractivity contribution in [1.82, 2.24) is 0 Å². The number of nitro benzene ring substituents is 1. The highest BCUT2D eigenvalue weighted by atomic mass is 79.9. The number of fused-ring (bicyclic) bond motifs is 1. The van der Waals surface area contributed by atoms with Crippen LogP contribution >= 0.6 is 15.9 Å². The summed E-state index contributed by atoms with van der Waals surface area (Å²) >= 11 is 3.39. The Morgan fingerprint density at radius 3 is 2.50 bits per heavy atom. The van der Waals surface area contributed by atoms with E-state index in [0.717, 1.165) is 0 Å². The van der Waals surface area contributed by atoms with Crippen LogP contribution in [0.5, 0.6) is 11.5 Å². The molecule has 0 aliphatic rings. The van der Waals surface area contributed by atoms with Gasteiger partial charge in [0.25, 0.3) is 5.69 Å². The molecular weight excluding hydrogens is 302 g/mol. The van der Waals surface area contributed by atoms with Crippen LogP contribution in [0.1, 0.15) is 0 Å². The average molecular weight is 312 g/mol. The highest BCUT2D eigenvalue weighted by Gasteiger charge is 2.19. The molecule has 0 unspecified atom stereocenters. The van der Waals surface area contributed by atoms with E-state index in [4.69, 9.17) is 9.47 Å². The molecule has 6 heteroatoms. The summed E-state index contributed by atoms with van der Waals surface area (Å²) in [5.41, 5.74) is 0.0363. The zero-order chi connectivity index (χ0) is 13.3. The lowest BCUT2D eigenvalue weighted by Crippen LogP contribution is -1.95. The van der Waals surface area contributed by atoms with E-state index >= 15 is 0 Å². The minimum absolute atomic E-state index is 0.0363. The van der Waals surface area contributed by atoms with Gasteiger partial charge >= 0.3 is 0 Å². The van der Waals surface area contributed by atoms with Crippen LogP contribution in [0, 0.1) is 10.1 Å². The van der Waals surface area contributed by atoms with Gasteiger partial charge in [-0.1, -0.05) is 12.1 Å². The second-order valence-corrected chi connectivity index (χ2v) is 4.35. The Bertz CT molecular complexity index is 627. The van der Waals surface area contributed by atoms with Crippen LogP contribution in [0.4, 0.5) is 5.69 Å². The molecule has 0 fully saturated rings. The van der Waals surface area contributed by atoms with Gasteiger partial charge in [0, 0.05) is 11.5 Å². The first-order valence-corrected chi connectivity index (χ1v) is 5.87. The van der Waals surface area contributed by atoms with Gasteiger partial charge in [0.05, 0.1) is 29.0 Å². The Kier molecular flexibility index (Phi) is 3.38. The van der Waals surface area contributed by atoms with Gasteiger partial charge in [-0.25, -0.2) is 0 Å². The second kappa shape index (κ2) is 4.81. The van der Waals surface area contributed by atoms with Crippen LogP contribution < -0.4 is 9.47 Å². The van der Waals surface area contributed by atoms with Crippen molar-refractivity contribution in [1.29, 1.82) is 0 Å². The van der Waals surface area contributed by atoms with E-state index in [-0.39, 0.29) is 5.69 Å². The number of benzene rings is 2. The molecule has 0 atom stereocenters. The first-order valence-electron chi connectivity index (χ1n) is 5.07. The number of non-ortho nitro benzene ring substituents is 1. The van der Waals surface area contributed by atoms with Gasteiger partial charge in [0.1, 0.15) is 0 Å². The molecule has 0 N–H and O–H groups in total. The maximum atomic E-state index is 11.0. The van der Waals surface area contributed by atoms with Crippen molar-refractivity contribution < 1.29 is 14.4 Å². The number of nitro groups is 1. The second-order valence-electron chi connectivity index (χ2n) is 3.56. The van der Waals surface area contributed by atoms with E-state index in [1.807, 2.05) is 0 Å². The lowest BCUT2D eigenvalue weighted by Gasteiger charge is -2.12. The largest absolute Gasteiger partial charge is 0.493 e. The molecule has 0 saturated heterocycles. The number of hydrogen-bond acceptors (Lipinski definition) is 4. The molecule has 2 aromatic rings. The molecule has 0 aromatic heterocycles. The first-order chi connectivity index (χ1) is 8.60. The van der Waals surface area contributed by atoms with Crippen LogP contribution in [0.15, 0.2) is 28.7 Å². The fraction of sp³-hybridized carbons (Fsp3) is 0.167. The van der Waals surface area contributed by atoms with Crippen molar-refractivity contribution in [3.63, 3.8) is 0 Å². The van der Waals surface area contributed by atoms with Crippen LogP contribution in [0.2, 0.25) is 0 Å². The van der Waals surface area contributed by atoms with E-state index < -0.39 is 4.92 Å². The predicted octanol–water partition coefficient (Wildman–Crippen LogP) is 3.53. The minimum atomic E-state index is -0.416. The molecular formula is C12H10BrNO4. The molecule has 0 heterocycles. The number of rotatable bonds is 3. The van der Waals surface area contributed by atoms with Gasteiger partial charge in [-0.2, -0.15) is 0 Å². The van der Waals surface area contributed by atoms with Gasteiger partial charge in [0.2, 0.25) is 0 Å². The van der Waals surface area contributed by atoms with E-state index in [1.54, 1.807) is 18.2 Å². The molecule has 5 nitrogen and oxygen atoms in total. The Labute approximate surface area is 112 Å². The molecule has 0 spiro atoms. The van der Waals surface area contributed by atoms with E-state index in [0.29, 0.717) is 26.7 Å². The van der Waals surface area contributed by atoms with Crippen LogP contribution in [-0.4, -0.2) is 19.1 Å². The third-order valence-electron chi connectivity index (χ3n) is 2.64. The summed E-state index contributed by atoms with van der Waals surface area (Å²) in [6.07, 6.45) is 0. The highest BCUT2D eigenvalue weighted by Crippen LogP contribution is 2.43. The summed E-state index contributed by atoms with van der Waals surface area (Å²) in [4.78, 5) is 10.6. The minimum Gasteiger partial charge on any atom is -0.493 e. The Morgan fingerprint density at radius 1 is 1.22 bits per heavy atom. The van der Waals surface area contributed by atoms with E-state index in [9.17, 15) is 10.1 Å². The Balaban J connectivity index is 2.89. The summed E-state index contributed by atoms with van der Waals surface area (Å²) in [5.74, 6) is 0.969. The zero-order valence-corrected chi connectivity index (χ0v) is 11.4. The van der Waals surface area contributed by atoms with Gasteiger partial charge in [0.15, 0.2) is 11.5 Å². The first kappa shape index (κ1) is 12.6. The monoisotopic (exact) mass is 311 g/mol. The molecule has 94 valence electrons. The van der Waals surface area contributed by atoms with Crippen LogP contribution in [0.25, 0.3) is 10.8 Å². The third-order valence-corrected chi connectivity index (χ3v) is 3.43. The van der Waals surface area contributed by atoms with Crippen LogP contribution in [0.3, 0.4) is 0 Å². The predicted molar refractivity (Wildman–Crippen MR) is 71.4 cm³/mol. The molecule has 2 rings (SSSR count). The van der Waals surface area contributed by atoms with Crippen molar-refractivity contribution in [3.8, 4) is 11.5 Å². The zero-order valence-electron chi connectivity index (χ0n) is 9.77. The fourth-order valence-electron chi connectivity index (χ4n) is 1.82. The SMILES string of the molecule is COc1cc2c([N+](=O)[O-])cccc2c(Br)c1OC. The molecule has 0 saturated carbocycles. The molecule has 0 aliphatic carbocycles. The number of methoxy groups -OCH3 is 2. The summed E-state index contributed by atoms with van der Waals surface area (Å²) in [6, 6.07) is 6.49. The topological polar surface area (TPSA) is 61.6 Å². The number of nitrogens with zero attached hydrogens (tertiary/aromatic N) is 1. The highest BCUT2D eigenvalue weighted by molar-refractivity contribution is 9.10. The molecule has 0 aliphatic heterocycles. The van der Waals surface area contributed by atoms with Crippen molar-refractivity contribution in [3.05, 3.63) is 38.9 Å². The van der Waals surface area contributed by atoms with Gasteiger partial charge in [-0.15, -0.1) is 0 Å². The standard InChI is InChI=1S/C12H10BrNO4/c1-17-10-6-8-7(11(13)12(10)18-2)4-3-5-9(8)14(15)16/h3-6H,1-2H3. The maximum absolute atomic E-state index is 11.0. The summed E-state index contributed by atoms with van der Waals surface area (Å²) in [6.45, 7) is 0. The Morgan fingerprint density at radius 2 is 1.94 bits per heavy atom. The number of hydrogen-bond donors (Lipinski definition) is 0. The van der Waals surface area contributed by atoms with E-state index in [1.165, 1.54) is 20.3 Å². The normalized spacial score (nSPS) is 10.4. The van der Waals surface area contributed by atoms with Gasteiger partial charge in [-0.3, -0.25) is 10.1 Å². The number of halogens is 1. The Hall–Kier alpha value is -1.82. The molecule has 0 radical (unpaired) electrons. The third kappa shape index (κ3) is 1.88. The van der Waals surface area contributed by atoms with Crippen molar-refractivity contribution >= 4 is 32.4 Å². The van der Waals surface area contributed by atoms with Crippen LogP contribution in [-0.2, 0) is 0 Å². The van der Waals surface area contributed by atoms with Crippen molar-refractivity contribution in [2.45, 2.75) is 0 Å². The van der Waals surface area contributed by atoms with Gasteiger partial charge in [-0.05, 0) is 22.0 Å². The number of ether oxygens (including phenoxy) is 2. The molecule has 0 amide bonds. The quantitative estimate of drug-likeness (QED) is 0.642. The lowest BCUT2D eigenvalue weighted by atomic mass is 10.1. The maximum Gasteiger partial charge on any atom is 0.277 e. The van der Waals surface area contributed by atoms with Gasteiger partial charge < -0.3 is 9.47 Å².